The lowest BCUT2D eigenvalue weighted by Gasteiger charge is -2.13. The van der Waals surface area contributed by atoms with Crippen molar-refractivity contribution in [1.82, 2.24) is 20.6 Å². The fourth-order valence-electron chi connectivity index (χ4n) is 2.00. The number of nitrogens with zero attached hydrogens (tertiary/aromatic N) is 2. The molecule has 2 amide bonds. The first-order valence-electron chi connectivity index (χ1n) is 7.28. The van der Waals surface area contributed by atoms with Crippen molar-refractivity contribution < 1.29 is 9.59 Å². The van der Waals surface area contributed by atoms with Crippen LogP contribution >= 0.6 is 0 Å². The second-order valence-corrected chi connectivity index (χ2v) is 4.97. The van der Waals surface area contributed by atoms with Gasteiger partial charge in [-0.1, -0.05) is 12.1 Å². The number of carbonyl (C=O) groups is 2. The monoisotopic (exact) mass is 313 g/mol. The summed E-state index contributed by atoms with van der Waals surface area (Å²) in [4.78, 5) is 31.7. The van der Waals surface area contributed by atoms with E-state index < -0.39 is 6.04 Å². The Kier molecular flexibility index (Phi) is 5.24. The fourth-order valence-corrected chi connectivity index (χ4v) is 2.00. The first-order chi connectivity index (χ1) is 11.0. The molecule has 23 heavy (non-hydrogen) atoms. The van der Waals surface area contributed by atoms with E-state index in [9.17, 15) is 9.59 Å². The van der Waals surface area contributed by atoms with Crippen molar-refractivity contribution in [3.8, 4) is 11.3 Å². The van der Waals surface area contributed by atoms with E-state index >= 15 is 0 Å². The molecule has 0 aliphatic rings. The lowest BCUT2D eigenvalue weighted by Crippen LogP contribution is -2.44. The van der Waals surface area contributed by atoms with Gasteiger partial charge < -0.3 is 16.4 Å². The van der Waals surface area contributed by atoms with Crippen LogP contribution in [0.3, 0.4) is 0 Å². The lowest BCUT2D eigenvalue weighted by molar-refractivity contribution is -0.122. The van der Waals surface area contributed by atoms with E-state index in [4.69, 9.17) is 5.73 Å². The largest absolute Gasteiger partial charge is 0.368 e. The Bertz CT molecular complexity index is 700. The standard InChI is InChI=1S/C16H19N5O2/c1-3-18-14(22)10(2)20-15(23)12-6-4-11(5-7-12)13-8-9-19-16(17)21-13/h4-10H,3H2,1-2H3,(H,18,22)(H,20,23)(H2,17,19,21)/t10-/m1/s1. The molecule has 7 heteroatoms. The van der Waals surface area contributed by atoms with Gasteiger partial charge >= 0.3 is 0 Å². The summed E-state index contributed by atoms with van der Waals surface area (Å²) >= 11 is 0. The van der Waals surface area contributed by atoms with E-state index in [1.165, 1.54) is 0 Å². The molecule has 120 valence electrons. The van der Waals surface area contributed by atoms with Crippen LogP contribution in [0.5, 0.6) is 0 Å². The van der Waals surface area contributed by atoms with Crippen LogP contribution < -0.4 is 16.4 Å². The van der Waals surface area contributed by atoms with Gasteiger partial charge in [-0.05, 0) is 32.0 Å². The molecule has 0 aliphatic heterocycles. The molecule has 0 radical (unpaired) electrons. The maximum Gasteiger partial charge on any atom is 0.251 e. The summed E-state index contributed by atoms with van der Waals surface area (Å²) in [5.74, 6) is -0.327. The maximum atomic E-state index is 12.1. The molecule has 4 N–H and O–H groups in total. The van der Waals surface area contributed by atoms with Crippen molar-refractivity contribution >= 4 is 17.8 Å². The van der Waals surface area contributed by atoms with Gasteiger partial charge in [0.25, 0.3) is 5.91 Å². The summed E-state index contributed by atoms with van der Waals surface area (Å²) in [6.07, 6.45) is 1.58. The Labute approximate surface area is 134 Å². The van der Waals surface area contributed by atoms with Crippen LogP contribution in [0.25, 0.3) is 11.3 Å². The number of rotatable bonds is 5. The summed E-state index contributed by atoms with van der Waals surface area (Å²) in [5, 5.41) is 5.31. The highest BCUT2D eigenvalue weighted by Gasteiger charge is 2.15. The Morgan fingerprint density at radius 1 is 1.22 bits per heavy atom. The number of hydrogen-bond donors (Lipinski definition) is 3. The molecule has 1 aromatic carbocycles. The zero-order valence-electron chi connectivity index (χ0n) is 13.0. The predicted octanol–water partition coefficient (Wildman–Crippen LogP) is 0.980. The number of nitrogen functional groups attached to an aromatic ring is 1. The number of benzene rings is 1. The average molecular weight is 313 g/mol. The summed E-state index contributed by atoms with van der Waals surface area (Å²) < 4.78 is 0. The molecular weight excluding hydrogens is 294 g/mol. The van der Waals surface area contributed by atoms with Crippen molar-refractivity contribution in [2.75, 3.05) is 12.3 Å². The Balaban J connectivity index is 2.07. The van der Waals surface area contributed by atoms with Gasteiger partial charge in [-0.15, -0.1) is 0 Å². The minimum atomic E-state index is -0.594. The van der Waals surface area contributed by atoms with E-state index in [2.05, 4.69) is 20.6 Å². The van der Waals surface area contributed by atoms with Crippen molar-refractivity contribution in [2.45, 2.75) is 19.9 Å². The number of hydrogen-bond acceptors (Lipinski definition) is 5. The first-order valence-corrected chi connectivity index (χ1v) is 7.28. The number of nitrogens with one attached hydrogen (secondary N) is 2. The number of nitrogens with two attached hydrogens (primary N) is 1. The molecule has 0 bridgehead atoms. The van der Waals surface area contributed by atoms with Gasteiger partial charge in [0.15, 0.2) is 0 Å². The van der Waals surface area contributed by atoms with Crippen LogP contribution in [-0.4, -0.2) is 34.4 Å². The SMILES string of the molecule is CCNC(=O)[C@@H](C)NC(=O)c1ccc(-c2ccnc(N)n2)cc1. The number of likely N-dealkylation sites (N-methyl/N-ethyl adjacent to an activating group) is 1. The number of carbonyl (C=O) groups excluding carboxylic acids is 2. The minimum absolute atomic E-state index is 0.195. The topological polar surface area (TPSA) is 110 Å². The molecule has 1 aromatic heterocycles. The van der Waals surface area contributed by atoms with Crippen LogP contribution in [0.15, 0.2) is 36.5 Å². The molecule has 0 saturated carbocycles. The first kappa shape index (κ1) is 16.4. The summed E-state index contributed by atoms with van der Waals surface area (Å²) in [6.45, 7) is 3.99. The molecule has 0 unspecified atom stereocenters. The second-order valence-electron chi connectivity index (χ2n) is 4.97. The van der Waals surface area contributed by atoms with Gasteiger partial charge in [0, 0.05) is 23.9 Å². The predicted molar refractivity (Wildman–Crippen MR) is 87.5 cm³/mol. The Hall–Kier alpha value is -2.96. The van der Waals surface area contributed by atoms with E-state index in [-0.39, 0.29) is 17.8 Å². The quantitative estimate of drug-likeness (QED) is 0.762. The van der Waals surface area contributed by atoms with Gasteiger partial charge in [0.2, 0.25) is 11.9 Å². The highest BCUT2D eigenvalue weighted by atomic mass is 16.2. The van der Waals surface area contributed by atoms with Crippen LogP contribution in [0.1, 0.15) is 24.2 Å². The van der Waals surface area contributed by atoms with Crippen molar-refractivity contribution in [2.24, 2.45) is 0 Å². The van der Waals surface area contributed by atoms with Gasteiger partial charge in [0.05, 0.1) is 5.69 Å². The van der Waals surface area contributed by atoms with E-state index in [0.717, 1.165) is 5.56 Å². The molecule has 1 heterocycles. The highest BCUT2D eigenvalue weighted by molar-refractivity contribution is 5.97. The number of aromatic nitrogens is 2. The van der Waals surface area contributed by atoms with Gasteiger partial charge in [0.1, 0.15) is 6.04 Å². The van der Waals surface area contributed by atoms with Gasteiger partial charge in [-0.25, -0.2) is 9.97 Å². The molecule has 0 fully saturated rings. The zero-order valence-corrected chi connectivity index (χ0v) is 13.0. The average Bonchev–Trinajstić information content (AvgIpc) is 2.55. The summed E-state index contributed by atoms with van der Waals surface area (Å²) in [5.41, 5.74) is 7.53. The fraction of sp³-hybridized carbons (Fsp3) is 0.250. The molecule has 2 aromatic rings. The molecule has 0 spiro atoms. The van der Waals surface area contributed by atoms with E-state index in [1.54, 1.807) is 43.5 Å². The van der Waals surface area contributed by atoms with Gasteiger partial charge in [-0.3, -0.25) is 9.59 Å². The Morgan fingerprint density at radius 2 is 1.91 bits per heavy atom. The van der Waals surface area contributed by atoms with Crippen LogP contribution in [0.4, 0.5) is 5.95 Å². The maximum absolute atomic E-state index is 12.1. The van der Waals surface area contributed by atoms with Crippen molar-refractivity contribution in [3.63, 3.8) is 0 Å². The smallest absolute Gasteiger partial charge is 0.251 e. The molecular formula is C16H19N5O2. The van der Waals surface area contributed by atoms with Crippen LogP contribution in [0.2, 0.25) is 0 Å². The van der Waals surface area contributed by atoms with Crippen LogP contribution in [0, 0.1) is 0 Å². The van der Waals surface area contributed by atoms with E-state index in [0.29, 0.717) is 17.8 Å². The zero-order chi connectivity index (χ0) is 16.8. The lowest BCUT2D eigenvalue weighted by atomic mass is 10.1. The second kappa shape index (κ2) is 7.35. The highest BCUT2D eigenvalue weighted by Crippen LogP contribution is 2.17. The number of anilines is 1. The van der Waals surface area contributed by atoms with Crippen LogP contribution in [-0.2, 0) is 4.79 Å². The third-order valence-electron chi connectivity index (χ3n) is 3.21. The van der Waals surface area contributed by atoms with Crippen molar-refractivity contribution in [3.05, 3.63) is 42.1 Å². The van der Waals surface area contributed by atoms with Crippen molar-refractivity contribution in [1.29, 1.82) is 0 Å². The van der Waals surface area contributed by atoms with Gasteiger partial charge in [-0.2, -0.15) is 0 Å². The Morgan fingerprint density at radius 3 is 2.52 bits per heavy atom. The summed E-state index contributed by atoms with van der Waals surface area (Å²) in [7, 11) is 0. The minimum Gasteiger partial charge on any atom is -0.368 e. The molecule has 0 saturated heterocycles. The normalized spacial score (nSPS) is 11.6. The summed E-state index contributed by atoms with van der Waals surface area (Å²) in [6, 6.07) is 8.04. The third kappa shape index (κ3) is 4.26. The molecule has 2 rings (SSSR count). The molecule has 1 atom stereocenters. The molecule has 0 aliphatic carbocycles. The van der Waals surface area contributed by atoms with E-state index in [1.807, 2.05) is 6.92 Å². The number of amides is 2. The third-order valence-corrected chi connectivity index (χ3v) is 3.21. The molecule has 7 nitrogen and oxygen atoms in total.